The van der Waals surface area contributed by atoms with E-state index < -0.39 is 0 Å². The molecule has 0 fully saturated rings. The van der Waals surface area contributed by atoms with Crippen molar-refractivity contribution in [1.29, 1.82) is 0 Å². The van der Waals surface area contributed by atoms with E-state index in [0.29, 0.717) is 17.4 Å². The maximum atomic E-state index is 6.22. The van der Waals surface area contributed by atoms with Crippen molar-refractivity contribution < 1.29 is 9.47 Å². The molecule has 0 aliphatic heterocycles. The summed E-state index contributed by atoms with van der Waals surface area (Å²) in [5.74, 6) is 2.21. The van der Waals surface area contributed by atoms with Gasteiger partial charge in [0.25, 0.3) is 0 Å². The Morgan fingerprint density at radius 2 is 1.75 bits per heavy atom. The van der Waals surface area contributed by atoms with Crippen LogP contribution in [0.1, 0.15) is 12.5 Å². The van der Waals surface area contributed by atoms with Gasteiger partial charge in [0.2, 0.25) is 0 Å². The number of rotatable bonds is 6. The number of hydrogen-bond acceptors (Lipinski definition) is 3. The van der Waals surface area contributed by atoms with Gasteiger partial charge in [0.05, 0.1) is 11.6 Å². The Hall–Kier alpha value is -1.71. The lowest BCUT2D eigenvalue weighted by atomic mass is 10.2. The third kappa shape index (κ3) is 3.89. The van der Waals surface area contributed by atoms with Gasteiger partial charge < -0.3 is 14.8 Å². The number of hydrogen-bond donors (Lipinski definition) is 1. The Morgan fingerprint density at radius 1 is 1.05 bits per heavy atom. The van der Waals surface area contributed by atoms with Gasteiger partial charge in [-0.2, -0.15) is 0 Å². The summed E-state index contributed by atoms with van der Waals surface area (Å²) in [6.07, 6.45) is 0. The molecule has 0 aliphatic rings. The van der Waals surface area contributed by atoms with Gasteiger partial charge in [0.1, 0.15) is 17.2 Å². The van der Waals surface area contributed by atoms with E-state index in [9.17, 15) is 0 Å². The Bertz CT molecular complexity index is 555. The minimum Gasteiger partial charge on any atom is -0.494 e. The molecule has 0 bridgehead atoms. The first-order chi connectivity index (χ1) is 9.72. The summed E-state index contributed by atoms with van der Waals surface area (Å²) in [6.45, 7) is 3.39. The fraction of sp³-hybridized carbons (Fsp3) is 0.250. The van der Waals surface area contributed by atoms with Gasteiger partial charge in [-0.1, -0.05) is 17.7 Å². The molecular formula is C16H18ClNO2. The average Bonchev–Trinajstić information content (AvgIpc) is 2.44. The van der Waals surface area contributed by atoms with Gasteiger partial charge in [0, 0.05) is 6.54 Å². The molecule has 0 spiro atoms. The fourth-order valence-corrected chi connectivity index (χ4v) is 2.08. The summed E-state index contributed by atoms with van der Waals surface area (Å²) >= 11 is 6.22. The van der Waals surface area contributed by atoms with Crippen molar-refractivity contribution >= 4 is 11.6 Å². The van der Waals surface area contributed by atoms with E-state index in [0.717, 1.165) is 23.6 Å². The highest BCUT2D eigenvalue weighted by molar-refractivity contribution is 6.32. The number of halogens is 1. The van der Waals surface area contributed by atoms with E-state index in [1.165, 1.54) is 0 Å². The smallest absolute Gasteiger partial charge is 0.146 e. The van der Waals surface area contributed by atoms with Crippen LogP contribution in [0.15, 0.2) is 42.5 Å². The molecular weight excluding hydrogens is 274 g/mol. The highest BCUT2D eigenvalue weighted by Crippen LogP contribution is 2.30. The molecule has 0 radical (unpaired) electrons. The van der Waals surface area contributed by atoms with Crippen LogP contribution in [0.2, 0.25) is 5.02 Å². The standard InChI is InChI=1S/C16H18ClNO2/c1-3-19-13-5-7-14(8-6-13)20-16-9-4-12(11-18-2)10-15(16)17/h4-10,18H,3,11H2,1-2H3. The van der Waals surface area contributed by atoms with Crippen molar-refractivity contribution in [3.05, 3.63) is 53.1 Å². The Morgan fingerprint density at radius 3 is 2.35 bits per heavy atom. The summed E-state index contributed by atoms with van der Waals surface area (Å²) in [5.41, 5.74) is 1.12. The zero-order chi connectivity index (χ0) is 14.4. The fourth-order valence-electron chi connectivity index (χ4n) is 1.84. The molecule has 0 saturated carbocycles. The van der Waals surface area contributed by atoms with Crippen LogP contribution in [0, 0.1) is 0 Å². The highest BCUT2D eigenvalue weighted by atomic mass is 35.5. The average molecular weight is 292 g/mol. The van der Waals surface area contributed by atoms with Crippen molar-refractivity contribution in [3.63, 3.8) is 0 Å². The molecule has 106 valence electrons. The summed E-state index contributed by atoms with van der Waals surface area (Å²) in [5, 5.41) is 3.69. The van der Waals surface area contributed by atoms with E-state index >= 15 is 0 Å². The molecule has 0 heterocycles. The van der Waals surface area contributed by atoms with Gasteiger partial charge in [-0.3, -0.25) is 0 Å². The zero-order valence-corrected chi connectivity index (χ0v) is 12.4. The maximum Gasteiger partial charge on any atom is 0.146 e. The van der Waals surface area contributed by atoms with Gasteiger partial charge >= 0.3 is 0 Å². The van der Waals surface area contributed by atoms with Crippen LogP contribution >= 0.6 is 11.6 Å². The van der Waals surface area contributed by atoms with Crippen LogP contribution in [0.25, 0.3) is 0 Å². The van der Waals surface area contributed by atoms with Crippen LogP contribution in [0.5, 0.6) is 17.2 Å². The monoisotopic (exact) mass is 291 g/mol. The molecule has 2 aromatic rings. The molecule has 1 N–H and O–H groups in total. The van der Waals surface area contributed by atoms with Crippen molar-refractivity contribution in [2.24, 2.45) is 0 Å². The SMILES string of the molecule is CCOc1ccc(Oc2ccc(CNC)cc2Cl)cc1. The molecule has 2 aromatic carbocycles. The Kier molecular flexibility index (Phi) is 5.27. The Labute approximate surface area is 124 Å². The quantitative estimate of drug-likeness (QED) is 0.863. The molecule has 0 saturated heterocycles. The number of ether oxygens (including phenoxy) is 2. The van der Waals surface area contributed by atoms with Crippen LogP contribution in [0.4, 0.5) is 0 Å². The van der Waals surface area contributed by atoms with Gasteiger partial charge in [0.15, 0.2) is 0 Å². The van der Waals surface area contributed by atoms with Crippen molar-refractivity contribution in [2.75, 3.05) is 13.7 Å². The molecule has 3 nitrogen and oxygen atoms in total. The van der Waals surface area contributed by atoms with Crippen molar-refractivity contribution in [3.8, 4) is 17.2 Å². The predicted octanol–water partition coefficient (Wildman–Crippen LogP) is 4.25. The van der Waals surface area contributed by atoms with Gasteiger partial charge in [-0.15, -0.1) is 0 Å². The second-order valence-electron chi connectivity index (χ2n) is 4.30. The zero-order valence-electron chi connectivity index (χ0n) is 11.7. The minimum absolute atomic E-state index is 0.603. The lowest BCUT2D eigenvalue weighted by Gasteiger charge is -2.10. The molecule has 20 heavy (non-hydrogen) atoms. The molecule has 2 rings (SSSR count). The topological polar surface area (TPSA) is 30.5 Å². The van der Waals surface area contributed by atoms with Crippen LogP contribution < -0.4 is 14.8 Å². The molecule has 0 aliphatic carbocycles. The van der Waals surface area contributed by atoms with Crippen LogP contribution in [-0.2, 0) is 6.54 Å². The van der Waals surface area contributed by atoms with Crippen molar-refractivity contribution in [1.82, 2.24) is 5.32 Å². The number of benzene rings is 2. The summed E-state index contributed by atoms with van der Waals surface area (Å²) < 4.78 is 11.2. The molecule has 0 amide bonds. The van der Waals surface area contributed by atoms with E-state index in [4.69, 9.17) is 21.1 Å². The first kappa shape index (κ1) is 14.7. The molecule has 4 heteroatoms. The van der Waals surface area contributed by atoms with Crippen LogP contribution in [0.3, 0.4) is 0 Å². The largest absolute Gasteiger partial charge is 0.494 e. The maximum absolute atomic E-state index is 6.22. The summed E-state index contributed by atoms with van der Waals surface area (Å²) in [6, 6.07) is 13.3. The molecule has 0 atom stereocenters. The van der Waals surface area contributed by atoms with E-state index in [2.05, 4.69) is 5.32 Å². The lowest BCUT2D eigenvalue weighted by molar-refractivity contribution is 0.339. The van der Waals surface area contributed by atoms with Gasteiger partial charge in [-0.25, -0.2) is 0 Å². The minimum atomic E-state index is 0.603. The number of nitrogens with one attached hydrogen (secondary N) is 1. The van der Waals surface area contributed by atoms with E-state index in [1.807, 2.05) is 56.4 Å². The predicted molar refractivity (Wildman–Crippen MR) is 81.9 cm³/mol. The van der Waals surface area contributed by atoms with E-state index in [-0.39, 0.29) is 0 Å². The normalized spacial score (nSPS) is 10.3. The third-order valence-electron chi connectivity index (χ3n) is 2.74. The van der Waals surface area contributed by atoms with Gasteiger partial charge in [-0.05, 0) is 55.9 Å². The first-order valence-corrected chi connectivity index (χ1v) is 6.94. The second kappa shape index (κ2) is 7.17. The first-order valence-electron chi connectivity index (χ1n) is 6.56. The molecule has 0 unspecified atom stereocenters. The van der Waals surface area contributed by atoms with E-state index in [1.54, 1.807) is 0 Å². The third-order valence-corrected chi connectivity index (χ3v) is 3.04. The second-order valence-corrected chi connectivity index (χ2v) is 4.71. The Balaban J connectivity index is 2.09. The summed E-state index contributed by atoms with van der Waals surface area (Å²) in [4.78, 5) is 0. The van der Waals surface area contributed by atoms with Crippen LogP contribution in [-0.4, -0.2) is 13.7 Å². The summed E-state index contributed by atoms with van der Waals surface area (Å²) in [7, 11) is 1.90. The highest BCUT2D eigenvalue weighted by Gasteiger charge is 2.05. The lowest BCUT2D eigenvalue weighted by Crippen LogP contribution is -2.04. The molecule has 0 aromatic heterocycles. The van der Waals surface area contributed by atoms with Crippen molar-refractivity contribution in [2.45, 2.75) is 13.5 Å².